The summed E-state index contributed by atoms with van der Waals surface area (Å²) in [6.45, 7) is 3.47. The molecule has 1 fully saturated rings. The first-order valence-corrected chi connectivity index (χ1v) is 12.1. The van der Waals surface area contributed by atoms with Gasteiger partial charge in [0.1, 0.15) is 12.0 Å². The molecule has 0 aromatic heterocycles. The van der Waals surface area contributed by atoms with Crippen LogP contribution in [0.1, 0.15) is 18.4 Å². The lowest BCUT2D eigenvalue weighted by Crippen LogP contribution is -2.50. The van der Waals surface area contributed by atoms with Crippen molar-refractivity contribution in [2.75, 3.05) is 49.2 Å². The molecule has 0 spiro atoms. The largest absolute Gasteiger partial charge is 0.495 e. The van der Waals surface area contributed by atoms with Crippen molar-refractivity contribution in [2.24, 2.45) is 0 Å². The van der Waals surface area contributed by atoms with Crippen LogP contribution in [0.3, 0.4) is 0 Å². The minimum absolute atomic E-state index is 0.440. The van der Waals surface area contributed by atoms with Gasteiger partial charge in [-0.25, -0.2) is 8.42 Å². The van der Waals surface area contributed by atoms with Crippen LogP contribution >= 0.6 is 0 Å². The summed E-state index contributed by atoms with van der Waals surface area (Å²) >= 11 is 0. The van der Waals surface area contributed by atoms with Crippen LogP contribution in [0.5, 0.6) is 5.75 Å². The molecule has 2 aromatic carbocycles. The number of sulfonamides is 1. The SMILES string of the molecule is COc1ccc(CCCC(O)N2CCN(c3ccccc3)CC2)cc1NS(C)(=O)=O. The number of hydrogen-bond acceptors (Lipinski definition) is 6. The minimum Gasteiger partial charge on any atom is -0.495 e. The molecule has 0 radical (unpaired) electrons. The van der Waals surface area contributed by atoms with E-state index in [-0.39, 0.29) is 0 Å². The lowest BCUT2D eigenvalue weighted by atomic mass is 10.1. The Hall–Kier alpha value is -2.29. The number of aliphatic hydroxyl groups excluding tert-OH is 1. The molecule has 30 heavy (non-hydrogen) atoms. The Morgan fingerprint density at radius 3 is 2.43 bits per heavy atom. The van der Waals surface area contributed by atoms with E-state index in [0.29, 0.717) is 17.9 Å². The summed E-state index contributed by atoms with van der Waals surface area (Å²) in [5.41, 5.74) is 2.67. The Morgan fingerprint density at radius 1 is 1.10 bits per heavy atom. The highest BCUT2D eigenvalue weighted by atomic mass is 32.2. The zero-order valence-corrected chi connectivity index (χ0v) is 18.4. The van der Waals surface area contributed by atoms with Gasteiger partial charge >= 0.3 is 0 Å². The van der Waals surface area contributed by atoms with Crippen molar-refractivity contribution in [3.63, 3.8) is 0 Å². The number of nitrogens with one attached hydrogen (secondary N) is 1. The lowest BCUT2D eigenvalue weighted by Gasteiger charge is -2.38. The molecule has 0 bridgehead atoms. The van der Waals surface area contributed by atoms with E-state index >= 15 is 0 Å². The Morgan fingerprint density at radius 2 is 1.80 bits per heavy atom. The van der Waals surface area contributed by atoms with E-state index in [1.807, 2.05) is 24.3 Å². The quantitative estimate of drug-likeness (QED) is 0.633. The van der Waals surface area contributed by atoms with Crippen LogP contribution in [-0.2, 0) is 16.4 Å². The number of para-hydroxylation sites is 1. The molecule has 1 aliphatic rings. The maximum Gasteiger partial charge on any atom is 0.229 e. The van der Waals surface area contributed by atoms with E-state index < -0.39 is 16.3 Å². The molecule has 2 aromatic rings. The smallest absolute Gasteiger partial charge is 0.229 e. The number of anilines is 2. The minimum atomic E-state index is -3.38. The van der Waals surface area contributed by atoms with Crippen molar-refractivity contribution in [1.82, 2.24) is 4.90 Å². The predicted octanol–water partition coefficient (Wildman–Crippen LogP) is 2.53. The maximum absolute atomic E-state index is 11.6. The third-order valence-electron chi connectivity index (χ3n) is 5.34. The summed E-state index contributed by atoms with van der Waals surface area (Å²) in [5, 5.41) is 10.6. The Bertz CT molecular complexity index is 913. The van der Waals surface area contributed by atoms with E-state index in [2.05, 4.69) is 26.7 Å². The molecule has 3 rings (SSSR count). The summed E-state index contributed by atoms with van der Waals surface area (Å²) in [5.74, 6) is 0.487. The monoisotopic (exact) mass is 433 g/mol. The second kappa shape index (κ2) is 10.1. The molecule has 0 saturated carbocycles. The standard InChI is InChI=1S/C22H31N3O4S/c1-29-21-12-11-18(17-20(21)23-30(2,27)28)7-6-10-22(26)25-15-13-24(14-16-25)19-8-4-3-5-9-19/h3-5,8-9,11-12,17,22-23,26H,6-7,10,13-16H2,1-2H3. The van der Waals surface area contributed by atoms with Gasteiger partial charge in [0.05, 0.1) is 19.1 Å². The van der Waals surface area contributed by atoms with Crippen LogP contribution in [0.25, 0.3) is 0 Å². The van der Waals surface area contributed by atoms with Gasteiger partial charge in [0, 0.05) is 31.9 Å². The van der Waals surface area contributed by atoms with Crippen molar-refractivity contribution in [1.29, 1.82) is 0 Å². The number of rotatable bonds is 9. The fourth-order valence-electron chi connectivity index (χ4n) is 3.78. The number of nitrogens with zero attached hydrogens (tertiary/aromatic N) is 2. The number of piperazine rings is 1. The molecule has 2 N–H and O–H groups in total. The molecular weight excluding hydrogens is 402 g/mol. The van der Waals surface area contributed by atoms with Gasteiger partial charge in [-0.2, -0.15) is 0 Å². The van der Waals surface area contributed by atoms with E-state index in [4.69, 9.17) is 4.74 Å². The van der Waals surface area contributed by atoms with E-state index in [1.165, 1.54) is 12.8 Å². The third kappa shape index (κ3) is 6.35. The van der Waals surface area contributed by atoms with Crippen molar-refractivity contribution < 1.29 is 18.3 Å². The normalized spacial score (nSPS) is 16.3. The molecule has 164 valence electrons. The van der Waals surface area contributed by atoms with Crippen LogP contribution < -0.4 is 14.4 Å². The molecule has 1 heterocycles. The van der Waals surface area contributed by atoms with Gasteiger partial charge in [-0.15, -0.1) is 0 Å². The highest BCUT2D eigenvalue weighted by Gasteiger charge is 2.22. The van der Waals surface area contributed by atoms with Crippen LogP contribution in [0, 0.1) is 0 Å². The Labute approximate surface area is 179 Å². The average Bonchev–Trinajstić information content (AvgIpc) is 2.73. The summed E-state index contributed by atoms with van der Waals surface area (Å²) in [7, 11) is -1.87. The molecular formula is C22H31N3O4S. The molecule has 0 amide bonds. The van der Waals surface area contributed by atoms with E-state index in [1.54, 1.807) is 12.1 Å². The molecule has 8 heteroatoms. The third-order valence-corrected chi connectivity index (χ3v) is 5.93. The van der Waals surface area contributed by atoms with Gasteiger partial charge in [-0.05, 0) is 49.1 Å². The summed E-state index contributed by atoms with van der Waals surface area (Å²) in [6, 6.07) is 15.8. The topological polar surface area (TPSA) is 82.1 Å². The zero-order valence-electron chi connectivity index (χ0n) is 17.6. The van der Waals surface area contributed by atoms with Crippen LogP contribution in [0.4, 0.5) is 11.4 Å². The van der Waals surface area contributed by atoms with Crippen molar-refractivity contribution in [2.45, 2.75) is 25.5 Å². The van der Waals surface area contributed by atoms with Gasteiger partial charge < -0.3 is 14.7 Å². The van der Waals surface area contributed by atoms with E-state index in [0.717, 1.165) is 50.8 Å². The number of aliphatic hydroxyl groups is 1. The molecule has 1 saturated heterocycles. The number of methoxy groups -OCH3 is 1. The van der Waals surface area contributed by atoms with Crippen LogP contribution in [-0.4, -0.2) is 64.2 Å². The highest BCUT2D eigenvalue weighted by Crippen LogP contribution is 2.27. The first kappa shape index (κ1) is 22.4. The Balaban J connectivity index is 1.48. The second-order valence-corrected chi connectivity index (χ2v) is 9.39. The molecule has 1 atom stereocenters. The first-order chi connectivity index (χ1) is 14.4. The lowest BCUT2D eigenvalue weighted by molar-refractivity contribution is -0.00665. The van der Waals surface area contributed by atoms with Gasteiger partial charge in [0.15, 0.2) is 0 Å². The van der Waals surface area contributed by atoms with Gasteiger partial charge in [-0.3, -0.25) is 9.62 Å². The fraction of sp³-hybridized carbons (Fsp3) is 0.455. The van der Waals surface area contributed by atoms with Crippen LogP contribution in [0.2, 0.25) is 0 Å². The number of hydrogen-bond donors (Lipinski definition) is 2. The van der Waals surface area contributed by atoms with Crippen molar-refractivity contribution in [3.8, 4) is 5.75 Å². The zero-order chi connectivity index (χ0) is 21.6. The number of aryl methyl sites for hydroxylation is 1. The summed E-state index contributed by atoms with van der Waals surface area (Å²) in [4.78, 5) is 4.47. The van der Waals surface area contributed by atoms with Gasteiger partial charge in [0.25, 0.3) is 0 Å². The summed E-state index contributed by atoms with van der Waals surface area (Å²) in [6.07, 6.45) is 2.89. The number of benzene rings is 2. The van der Waals surface area contributed by atoms with Crippen LogP contribution in [0.15, 0.2) is 48.5 Å². The van der Waals surface area contributed by atoms with Crippen molar-refractivity contribution in [3.05, 3.63) is 54.1 Å². The highest BCUT2D eigenvalue weighted by molar-refractivity contribution is 7.92. The fourth-order valence-corrected chi connectivity index (χ4v) is 4.34. The molecule has 0 aliphatic carbocycles. The van der Waals surface area contributed by atoms with Crippen molar-refractivity contribution >= 4 is 21.4 Å². The average molecular weight is 434 g/mol. The summed E-state index contributed by atoms with van der Waals surface area (Å²) < 4.78 is 30.9. The van der Waals surface area contributed by atoms with E-state index in [9.17, 15) is 13.5 Å². The van der Waals surface area contributed by atoms with Gasteiger partial charge in [-0.1, -0.05) is 24.3 Å². The molecule has 1 aliphatic heterocycles. The number of ether oxygens (including phenoxy) is 1. The molecule has 1 unspecified atom stereocenters. The maximum atomic E-state index is 11.6. The predicted molar refractivity (Wildman–Crippen MR) is 121 cm³/mol. The van der Waals surface area contributed by atoms with Gasteiger partial charge in [0.2, 0.25) is 10.0 Å². The Kier molecular flexibility index (Phi) is 7.58. The first-order valence-electron chi connectivity index (χ1n) is 10.2. The molecule has 7 nitrogen and oxygen atoms in total. The second-order valence-electron chi connectivity index (χ2n) is 7.64.